The second kappa shape index (κ2) is 11.5. The summed E-state index contributed by atoms with van der Waals surface area (Å²) >= 11 is 0. The molecule has 0 aromatic heterocycles. The zero-order valence-electron chi connectivity index (χ0n) is 11.1. The molecule has 0 heterocycles. The molecular formula is C5H9B3F12K-3. The Hall–Kier alpha value is 0.991. The Kier molecular flexibility index (Phi) is 16.4. The number of hydrogen-bond donors (Lipinski definition) is 0. The van der Waals surface area contributed by atoms with Crippen molar-refractivity contribution >= 4 is 21.8 Å². The van der Waals surface area contributed by atoms with Crippen LogP contribution in [-0.2, 0) is 0 Å². The van der Waals surface area contributed by atoms with Crippen molar-refractivity contribution in [3.05, 3.63) is 6.42 Å². The maximum Gasteiger partial charge on any atom is 1.00 e. The van der Waals surface area contributed by atoms with Crippen molar-refractivity contribution < 1.29 is 103 Å². The summed E-state index contributed by atoms with van der Waals surface area (Å²) in [5.74, 6) is 0. The molecular weight excluding hydrogens is 360 g/mol. The van der Waals surface area contributed by atoms with Gasteiger partial charge in [0.05, 0.1) is 0 Å². The summed E-state index contributed by atoms with van der Waals surface area (Å²) < 4.78 is 117. The van der Waals surface area contributed by atoms with Gasteiger partial charge in [0.25, 0.3) is 0 Å². The molecule has 1 saturated carbocycles. The van der Waals surface area contributed by atoms with E-state index >= 15 is 0 Å². The fourth-order valence-corrected chi connectivity index (χ4v) is 0.204. The molecule has 0 bridgehead atoms. The van der Waals surface area contributed by atoms with Gasteiger partial charge in [-0.3, -0.25) is 0 Å². The van der Waals surface area contributed by atoms with Crippen molar-refractivity contribution in [1.82, 2.24) is 0 Å². The van der Waals surface area contributed by atoms with Crippen LogP contribution in [0.2, 0.25) is 0 Å². The summed E-state index contributed by atoms with van der Waals surface area (Å²) in [4.78, 5) is 0. The van der Waals surface area contributed by atoms with Crippen molar-refractivity contribution in [2.24, 2.45) is 5.41 Å². The van der Waals surface area contributed by atoms with Crippen LogP contribution in [0.3, 0.4) is 0 Å². The van der Waals surface area contributed by atoms with E-state index in [-0.39, 0.29) is 51.4 Å². The molecule has 16 heteroatoms. The average Bonchev–Trinajstić information content (AvgIpc) is 2.52. The summed E-state index contributed by atoms with van der Waals surface area (Å²) in [7, 11) is -18.0. The van der Waals surface area contributed by atoms with Crippen molar-refractivity contribution in [2.75, 3.05) is 0 Å². The molecule has 0 N–H and O–H groups in total. The SMILES string of the molecule is CC1(C)[CH-]C1.F[B-](F)(F)F.F[B-](F)(F)F.F[B-](F)(F)F.[K+]. The molecule has 0 spiro atoms. The van der Waals surface area contributed by atoms with Crippen LogP contribution in [0.15, 0.2) is 0 Å². The standard InChI is InChI=1S/C5H9.3BF4.K/c1-5(2)3-4-5;3*2-1(3,4)5;/h3H,4H2,1-2H3;;;;/q4*-1;+1. The predicted molar refractivity (Wildman–Crippen MR) is 53.3 cm³/mol. The van der Waals surface area contributed by atoms with Crippen LogP contribution in [-0.4, -0.2) is 21.8 Å². The molecule has 0 saturated heterocycles. The van der Waals surface area contributed by atoms with Gasteiger partial charge in [0.1, 0.15) is 0 Å². The Morgan fingerprint density at radius 2 is 0.667 bits per heavy atom. The van der Waals surface area contributed by atoms with E-state index in [1.807, 2.05) is 0 Å². The van der Waals surface area contributed by atoms with Gasteiger partial charge in [-0.15, -0.1) is 0 Å². The van der Waals surface area contributed by atoms with E-state index in [0.29, 0.717) is 5.41 Å². The largest absolute Gasteiger partial charge is 1.00 e. The molecule has 0 aromatic rings. The average molecular weight is 369 g/mol. The fraction of sp³-hybridized carbons (Fsp3) is 0.800. The first-order valence-corrected chi connectivity index (χ1v) is 4.67. The van der Waals surface area contributed by atoms with E-state index in [1.54, 1.807) is 0 Å². The molecule has 0 radical (unpaired) electrons. The molecule has 1 aliphatic carbocycles. The molecule has 0 unspecified atom stereocenters. The second-order valence-corrected chi connectivity index (χ2v) is 3.88. The van der Waals surface area contributed by atoms with Gasteiger partial charge >= 0.3 is 73.1 Å². The topological polar surface area (TPSA) is 0 Å². The minimum atomic E-state index is -6.00. The van der Waals surface area contributed by atoms with Gasteiger partial charge < -0.3 is 58.2 Å². The molecule has 21 heavy (non-hydrogen) atoms. The van der Waals surface area contributed by atoms with Gasteiger partial charge in [-0.25, -0.2) is 6.42 Å². The normalized spacial score (nSPS) is 15.7. The molecule has 0 nitrogen and oxygen atoms in total. The Morgan fingerprint density at radius 3 is 0.667 bits per heavy atom. The zero-order valence-corrected chi connectivity index (χ0v) is 14.2. The van der Waals surface area contributed by atoms with Gasteiger partial charge in [-0.2, -0.15) is 5.41 Å². The molecule has 126 valence electrons. The minimum absolute atomic E-state index is 0. The van der Waals surface area contributed by atoms with E-state index in [4.69, 9.17) is 0 Å². The van der Waals surface area contributed by atoms with Crippen LogP contribution in [0.1, 0.15) is 20.3 Å². The third-order valence-corrected chi connectivity index (χ3v) is 1.02. The van der Waals surface area contributed by atoms with Gasteiger partial charge in [-0.1, -0.05) is 13.8 Å². The van der Waals surface area contributed by atoms with Crippen LogP contribution in [0.5, 0.6) is 0 Å². The van der Waals surface area contributed by atoms with E-state index in [2.05, 4.69) is 20.3 Å². The Morgan fingerprint density at radius 1 is 0.619 bits per heavy atom. The van der Waals surface area contributed by atoms with Gasteiger partial charge in [0, 0.05) is 0 Å². The van der Waals surface area contributed by atoms with Gasteiger partial charge in [0.2, 0.25) is 0 Å². The summed E-state index contributed by atoms with van der Waals surface area (Å²) in [6.07, 6.45) is 3.64. The van der Waals surface area contributed by atoms with Gasteiger partial charge in [-0.05, 0) is 0 Å². The number of halogens is 12. The Labute approximate surface area is 156 Å². The first-order chi connectivity index (χ1) is 8.21. The van der Waals surface area contributed by atoms with Crippen LogP contribution in [0.4, 0.5) is 51.8 Å². The third-order valence-electron chi connectivity index (χ3n) is 1.02. The Balaban J connectivity index is -0.0000000903. The second-order valence-electron chi connectivity index (χ2n) is 3.88. The molecule has 0 aliphatic heterocycles. The maximum atomic E-state index is 9.75. The maximum absolute atomic E-state index is 9.75. The van der Waals surface area contributed by atoms with Crippen LogP contribution >= 0.6 is 0 Å². The van der Waals surface area contributed by atoms with Crippen molar-refractivity contribution in [3.8, 4) is 0 Å². The fourth-order valence-electron chi connectivity index (χ4n) is 0.204. The quantitative estimate of drug-likeness (QED) is 0.350. The molecule has 0 aromatic carbocycles. The van der Waals surface area contributed by atoms with E-state index in [1.165, 1.54) is 6.42 Å². The van der Waals surface area contributed by atoms with E-state index < -0.39 is 21.8 Å². The summed E-state index contributed by atoms with van der Waals surface area (Å²) in [6.45, 7) is 4.49. The van der Waals surface area contributed by atoms with Gasteiger partial charge in [0.15, 0.2) is 0 Å². The minimum Gasteiger partial charge on any atom is -0.418 e. The van der Waals surface area contributed by atoms with Crippen molar-refractivity contribution in [3.63, 3.8) is 0 Å². The van der Waals surface area contributed by atoms with Crippen molar-refractivity contribution in [1.29, 1.82) is 0 Å². The zero-order chi connectivity index (χ0) is 17.4. The first-order valence-electron chi connectivity index (χ1n) is 4.67. The van der Waals surface area contributed by atoms with Crippen LogP contribution in [0, 0.1) is 11.8 Å². The predicted octanol–water partition coefficient (Wildman–Crippen LogP) is 2.52. The number of rotatable bonds is 0. The number of hydrogen-bond acceptors (Lipinski definition) is 0. The molecule has 0 atom stereocenters. The summed E-state index contributed by atoms with van der Waals surface area (Å²) in [5, 5.41) is 0. The third kappa shape index (κ3) is 211. The van der Waals surface area contributed by atoms with Crippen LogP contribution < -0.4 is 51.4 Å². The molecule has 1 aliphatic rings. The summed E-state index contributed by atoms with van der Waals surface area (Å²) in [6, 6.07) is 0. The van der Waals surface area contributed by atoms with E-state index in [0.717, 1.165) is 0 Å². The molecule has 1 fully saturated rings. The Bertz CT molecular complexity index is 187. The van der Waals surface area contributed by atoms with Crippen molar-refractivity contribution in [2.45, 2.75) is 20.3 Å². The van der Waals surface area contributed by atoms with Crippen LogP contribution in [0.25, 0.3) is 0 Å². The smallest absolute Gasteiger partial charge is 0.418 e. The monoisotopic (exact) mass is 369 g/mol. The molecule has 0 amide bonds. The molecule has 1 rings (SSSR count). The first kappa shape index (κ1) is 29.9. The summed E-state index contributed by atoms with van der Waals surface area (Å²) in [5.41, 5.74) is 0.625. The van der Waals surface area contributed by atoms with E-state index in [9.17, 15) is 51.8 Å².